The minimum Gasteiger partial charge on any atom is -0.443 e. The first-order valence-corrected chi connectivity index (χ1v) is 7.20. The van der Waals surface area contributed by atoms with Crippen molar-refractivity contribution in [2.75, 3.05) is 0 Å². The number of nitrogens with zero attached hydrogens (tertiary/aromatic N) is 1. The standard InChI is InChI=1S/C18H18N2O2/c1-18(2,3)22-17(21)20-19-14-9-8-13-10-12-6-4-5-7-15(12)16(13)11-14/h4-11H,1-3H3,(H,20,21). The van der Waals surface area contributed by atoms with E-state index in [9.17, 15) is 4.79 Å². The van der Waals surface area contributed by atoms with E-state index in [2.05, 4.69) is 28.7 Å². The number of rotatable bonds is 1. The maximum absolute atomic E-state index is 11.6. The number of carbonyl (C=O) groups is 1. The van der Waals surface area contributed by atoms with Crippen LogP contribution in [0.3, 0.4) is 0 Å². The van der Waals surface area contributed by atoms with Crippen molar-refractivity contribution in [1.29, 1.82) is 0 Å². The van der Waals surface area contributed by atoms with E-state index in [1.165, 1.54) is 11.1 Å². The minimum atomic E-state index is -0.556. The predicted octanol–water partition coefficient (Wildman–Crippen LogP) is 3.92. The zero-order chi connectivity index (χ0) is 15.7. The molecule has 0 aliphatic heterocycles. The van der Waals surface area contributed by atoms with Crippen molar-refractivity contribution in [1.82, 2.24) is 5.43 Å². The van der Waals surface area contributed by atoms with E-state index in [-0.39, 0.29) is 0 Å². The molecule has 0 radical (unpaired) electrons. The van der Waals surface area contributed by atoms with E-state index in [0.717, 1.165) is 11.1 Å². The Labute approximate surface area is 129 Å². The quantitative estimate of drug-likeness (QED) is 0.798. The molecule has 0 saturated carbocycles. The number of fused-ring (bicyclic) bond motifs is 3. The molecule has 0 aromatic heterocycles. The monoisotopic (exact) mass is 294 g/mol. The van der Waals surface area contributed by atoms with Gasteiger partial charge in [-0.15, -0.1) is 0 Å². The van der Waals surface area contributed by atoms with E-state index in [1.54, 1.807) is 0 Å². The lowest BCUT2D eigenvalue weighted by Crippen LogP contribution is -2.30. The summed E-state index contributed by atoms with van der Waals surface area (Å²) in [6.45, 7) is 5.44. The number of ether oxygens (including phenoxy) is 1. The first kappa shape index (κ1) is 14.3. The molecule has 1 N–H and O–H groups in total. The molecule has 2 aliphatic carbocycles. The smallest absolute Gasteiger partial charge is 0.428 e. The highest BCUT2D eigenvalue weighted by Gasteiger charge is 2.20. The Morgan fingerprint density at radius 1 is 1.14 bits per heavy atom. The number of amides is 1. The highest BCUT2D eigenvalue weighted by Crippen LogP contribution is 2.37. The van der Waals surface area contributed by atoms with Crippen molar-refractivity contribution in [3.8, 4) is 0 Å². The van der Waals surface area contributed by atoms with Gasteiger partial charge < -0.3 is 4.74 Å². The van der Waals surface area contributed by atoms with E-state index in [1.807, 2.05) is 51.1 Å². The summed E-state index contributed by atoms with van der Waals surface area (Å²) >= 11 is 0. The van der Waals surface area contributed by atoms with Gasteiger partial charge in [0.2, 0.25) is 0 Å². The molecule has 2 aliphatic rings. The molecular formula is C18H18N2O2. The van der Waals surface area contributed by atoms with Crippen molar-refractivity contribution in [3.63, 3.8) is 0 Å². The van der Waals surface area contributed by atoms with Crippen LogP contribution < -0.4 is 5.43 Å². The Bertz CT molecular complexity index is 747. The second-order valence-corrected chi connectivity index (χ2v) is 6.23. The van der Waals surface area contributed by atoms with Crippen molar-refractivity contribution in [3.05, 3.63) is 59.2 Å². The molecule has 0 fully saturated rings. The fourth-order valence-electron chi connectivity index (χ4n) is 2.42. The van der Waals surface area contributed by atoms with Crippen molar-refractivity contribution in [2.45, 2.75) is 26.4 Å². The Balaban J connectivity index is 1.78. The lowest BCUT2D eigenvalue weighted by Gasteiger charge is -2.18. The Morgan fingerprint density at radius 2 is 1.91 bits per heavy atom. The van der Waals surface area contributed by atoms with Crippen LogP contribution in [0.5, 0.6) is 0 Å². The number of hydrazone groups is 1. The van der Waals surface area contributed by atoms with Crippen molar-refractivity contribution in [2.24, 2.45) is 5.10 Å². The van der Waals surface area contributed by atoms with Crippen LogP contribution in [0.25, 0.3) is 11.6 Å². The van der Waals surface area contributed by atoms with Gasteiger partial charge in [-0.05, 0) is 61.3 Å². The van der Waals surface area contributed by atoms with Crippen LogP contribution in [0, 0.1) is 0 Å². The van der Waals surface area contributed by atoms with Gasteiger partial charge in [0.15, 0.2) is 0 Å². The van der Waals surface area contributed by atoms with Gasteiger partial charge in [0.1, 0.15) is 5.60 Å². The van der Waals surface area contributed by atoms with E-state index in [0.29, 0.717) is 5.71 Å². The van der Waals surface area contributed by atoms with Gasteiger partial charge >= 0.3 is 6.09 Å². The van der Waals surface area contributed by atoms with E-state index >= 15 is 0 Å². The first-order chi connectivity index (χ1) is 10.4. The van der Waals surface area contributed by atoms with Crippen LogP contribution in [0.1, 0.15) is 31.9 Å². The van der Waals surface area contributed by atoms with Crippen LogP contribution in [0.15, 0.2) is 53.2 Å². The maximum atomic E-state index is 11.6. The lowest BCUT2D eigenvalue weighted by atomic mass is 9.97. The molecule has 1 aromatic rings. The van der Waals surface area contributed by atoms with Gasteiger partial charge in [0.05, 0.1) is 5.71 Å². The van der Waals surface area contributed by atoms with Gasteiger partial charge in [0.25, 0.3) is 0 Å². The zero-order valence-electron chi connectivity index (χ0n) is 12.9. The van der Waals surface area contributed by atoms with Crippen LogP contribution in [0.4, 0.5) is 4.79 Å². The Hall–Kier alpha value is -2.62. The average Bonchev–Trinajstić information content (AvgIpc) is 2.81. The third kappa shape index (κ3) is 3.01. The molecule has 3 rings (SSSR count). The number of hydrogen-bond donors (Lipinski definition) is 1. The minimum absolute atomic E-state index is 0.536. The molecule has 1 aromatic carbocycles. The highest BCUT2D eigenvalue weighted by molar-refractivity contribution is 6.16. The molecule has 0 heterocycles. The van der Waals surface area contributed by atoms with Gasteiger partial charge in [-0.2, -0.15) is 5.10 Å². The van der Waals surface area contributed by atoms with Crippen LogP contribution in [-0.4, -0.2) is 17.4 Å². The molecule has 0 spiro atoms. The van der Waals surface area contributed by atoms with E-state index < -0.39 is 11.7 Å². The molecule has 4 nitrogen and oxygen atoms in total. The number of allylic oxidation sites excluding steroid dienone is 5. The molecule has 112 valence electrons. The number of benzene rings is 1. The van der Waals surface area contributed by atoms with Gasteiger partial charge in [-0.1, -0.05) is 30.3 Å². The summed E-state index contributed by atoms with van der Waals surface area (Å²) in [5.41, 5.74) is 7.26. The van der Waals surface area contributed by atoms with Gasteiger partial charge in [0, 0.05) is 0 Å². The van der Waals surface area contributed by atoms with Crippen LogP contribution in [-0.2, 0) is 4.74 Å². The summed E-state index contributed by atoms with van der Waals surface area (Å²) in [4.78, 5) is 11.6. The lowest BCUT2D eigenvalue weighted by molar-refractivity contribution is 0.0529. The molecule has 4 heteroatoms. The normalized spacial score (nSPS) is 17.5. The Morgan fingerprint density at radius 3 is 2.68 bits per heavy atom. The summed E-state index contributed by atoms with van der Waals surface area (Å²) in [7, 11) is 0. The average molecular weight is 294 g/mol. The topological polar surface area (TPSA) is 50.7 Å². The number of nitrogens with one attached hydrogen (secondary N) is 1. The molecule has 0 bridgehead atoms. The van der Waals surface area contributed by atoms with E-state index in [4.69, 9.17) is 4.74 Å². The Kier molecular flexibility index (Phi) is 3.45. The number of hydrogen-bond acceptors (Lipinski definition) is 3. The highest BCUT2D eigenvalue weighted by atomic mass is 16.6. The summed E-state index contributed by atoms with van der Waals surface area (Å²) in [5, 5.41) is 4.10. The molecule has 22 heavy (non-hydrogen) atoms. The largest absolute Gasteiger partial charge is 0.443 e. The summed E-state index contributed by atoms with van der Waals surface area (Å²) in [6, 6.07) is 8.22. The summed E-state index contributed by atoms with van der Waals surface area (Å²) in [6.07, 6.45) is 7.44. The van der Waals surface area contributed by atoms with Gasteiger partial charge in [-0.3, -0.25) is 0 Å². The maximum Gasteiger partial charge on any atom is 0.428 e. The van der Waals surface area contributed by atoms with Crippen molar-refractivity contribution >= 4 is 23.5 Å². The summed E-state index contributed by atoms with van der Waals surface area (Å²) < 4.78 is 5.16. The molecule has 0 unspecified atom stereocenters. The SMILES string of the molecule is CC(C)(C)OC(=O)NN=C1C=CC2=Cc3ccccc3C2=C1. The molecule has 1 amide bonds. The fraction of sp³-hybridized carbons (Fsp3) is 0.222. The first-order valence-electron chi connectivity index (χ1n) is 7.20. The molecule has 0 saturated heterocycles. The molecule has 0 atom stereocenters. The zero-order valence-corrected chi connectivity index (χ0v) is 12.9. The third-order valence-electron chi connectivity index (χ3n) is 3.27. The second kappa shape index (κ2) is 5.30. The molecular weight excluding hydrogens is 276 g/mol. The van der Waals surface area contributed by atoms with Crippen LogP contribution in [0.2, 0.25) is 0 Å². The second-order valence-electron chi connectivity index (χ2n) is 6.23. The third-order valence-corrected chi connectivity index (χ3v) is 3.27. The van der Waals surface area contributed by atoms with Crippen LogP contribution >= 0.6 is 0 Å². The number of carbonyl (C=O) groups excluding carboxylic acids is 1. The summed E-state index contributed by atoms with van der Waals surface area (Å²) in [5.74, 6) is 0. The predicted molar refractivity (Wildman–Crippen MR) is 88.3 cm³/mol. The van der Waals surface area contributed by atoms with Gasteiger partial charge in [-0.25, -0.2) is 10.2 Å². The fourth-order valence-corrected chi connectivity index (χ4v) is 2.42. The van der Waals surface area contributed by atoms with Crippen molar-refractivity contribution < 1.29 is 9.53 Å².